The molecule has 1 saturated carbocycles. The van der Waals surface area contributed by atoms with E-state index < -0.39 is 5.92 Å². The fourth-order valence-corrected chi connectivity index (χ4v) is 2.12. The van der Waals surface area contributed by atoms with Crippen LogP contribution in [0.1, 0.15) is 37.3 Å². The van der Waals surface area contributed by atoms with Gasteiger partial charge < -0.3 is 0 Å². The first-order valence-electron chi connectivity index (χ1n) is 4.94. The summed E-state index contributed by atoms with van der Waals surface area (Å²) in [5, 5.41) is 4.06. The highest BCUT2D eigenvalue weighted by molar-refractivity contribution is 5.09. The van der Waals surface area contributed by atoms with Gasteiger partial charge >= 0.3 is 0 Å². The monoisotopic (exact) mass is 200 g/mol. The van der Waals surface area contributed by atoms with E-state index in [0.29, 0.717) is 12.8 Å². The van der Waals surface area contributed by atoms with E-state index in [-0.39, 0.29) is 18.8 Å². The second kappa shape index (κ2) is 3.33. The third-order valence-electron chi connectivity index (χ3n) is 2.99. The van der Waals surface area contributed by atoms with Crippen LogP contribution in [0.5, 0.6) is 0 Å². The molecule has 0 aromatic carbocycles. The molecule has 1 fully saturated rings. The Balaban J connectivity index is 2.06. The third kappa shape index (κ3) is 1.79. The number of nitrogens with zero attached hydrogens (tertiary/aromatic N) is 2. The van der Waals surface area contributed by atoms with Crippen LogP contribution < -0.4 is 0 Å². The van der Waals surface area contributed by atoms with Gasteiger partial charge in [-0.15, -0.1) is 0 Å². The molecule has 78 valence electrons. The average molecular weight is 200 g/mol. The predicted octanol–water partition coefficient (Wildman–Crippen LogP) is 2.71. The Labute approximate surface area is 81.9 Å². The molecule has 0 aliphatic heterocycles. The molecular formula is C10H14F2N2. The van der Waals surface area contributed by atoms with Crippen molar-refractivity contribution in [3.63, 3.8) is 0 Å². The van der Waals surface area contributed by atoms with Gasteiger partial charge in [-0.2, -0.15) is 5.10 Å². The summed E-state index contributed by atoms with van der Waals surface area (Å²) in [5.41, 5.74) is 1.08. The highest BCUT2D eigenvalue weighted by atomic mass is 19.3. The molecule has 1 heterocycles. The lowest BCUT2D eigenvalue weighted by Crippen LogP contribution is -2.24. The molecule has 0 amide bonds. The Hall–Kier alpha value is -0.930. The van der Waals surface area contributed by atoms with Crippen LogP contribution in [-0.2, 0) is 7.05 Å². The van der Waals surface area contributed by atoms with Crippen molar-refractivity contribution >= 4 is 0 Å². The first kappa shape index (κ1) is 9.62. The second-order valence-electron chi connectivity index (χ2n) is 4.01. The SMILES string of the molecule is Cn1nccc1C1CCC(F)(F)CC1. The molecule has 1 aromatic rings. The lowest BCUT2D eigenvalue weighted by Gasteiger charge is -2.28. The van der Waals surface area contributed by atoms with Gasteiger partial charge in [-0.1, -0.05) is 0 Å². The minimum Gasteiger partial charge on any atom is -0.272 e. The van der Waals surface area contributed by atoms with Gasteiger partial charge in [-0.05, 0) is 18.9 Å². The number of hydrogen-bond donors (Lipinski definition) is 0. The lowest BCUT2D eigenvalue weighted by atomic mass is 9.85. The molecule has 2 rings (SSSR count). The van der Waals surface area contributed by atoms with E-state index in [1.165, 1.54) is 0 Å². The highest BCUT2D eigenvalue weighted by Gasteiger charge is 2.35. The van der Waals surface area contributed by atoms with Crippen LogP contribution in [0.2, 0.25) is 0 Å². The van der Waals surface area contributed by atoms with Crippen LogP contribution in [-0.4, -0.2) is 15.7 Å². The van der Waals surface area contributed by atoms with Crippen molar-refractivity contribution in [3.05, 3.63) is 18.0 Å². The number of aryl methyl sites for hydroxylation is 1. The quantitative estimate of drug-likeness (QED) is 0.681. The minimum absolute atomic E-state index is 0.0167. The zero-order chi connectivity index (χ0) is 10.2. The maximum absolute atomic E-state index is 12.9. The van der Waals surface area contributed by atoms with Gasteiger partial charge in [0.2, 0.25) is 5.92 Å². The normalized spacial score (nSPS) is 22.5. The molecule has 0 N–H and O–H groups in total. The van der Waals surface area contributed by atoms with Gasteiger partial charge in [0.05, 0.1) is 0 Å². The van der Waals surface area contributed by atoms with Crippen molar-refractivity contribution in [2.24, 2.45) is 7.05 Å². The first-order valence-corrected chi connectivity index (χ1v) is 4.94. The van der Waals surface area contributed by atoms with Gasteiger partial charge in [0.15, 0.2) is 0 Å². The number of rotatable bonds is 1. The largest absolute Gasteiger partial charge is 0.272 e. The molecule has 0 saturated heterocycles. The molecular weight excluding hydrogens is 186 g/mol. The van der Waals surface area contributed by atoms with Crippen LogP contribution in [0.25, 0.3) is 0 Å². The molecule has 0 atom stereocenters. The Morgan fingerprint density at radius 1 is 1.43 bits per heavy atom. The van der Waals surface area contributed by atoms with Gasteiger partial charge in [-0.3, -0.25) is 4.68 Å². The molecule has 0 radical (unpaired) electrons. The summed E-state index contributed by atoms with van der Waals surface area (Å²) in [4.78, 5) is 0. The molecule has 1 aromatic heterocycles. The number of hydrogen-bond acceptors (Lipinski definition) is 1. The zero-order valence-electron chi connectivity index (χ0n) is 8.21. The molecule has 2 nitrogen and oxygen atoms in total. The average Bonchev–Trinajstić information content (AvgIpc) is 2.52. The molecule has 0 spiro atoms. The number of halogens is 2. The van der Waals surface area contributed by atoms with Crippen LogP contribution in [0.3, 0.4) is 0 Å². The molecule has 1 aliphatic rings. The van der Waals surface area contributed by atoms with E-state index in [1.54, 1.807) is 10.9 Å². The molecule has 1 aliphatic carbocycles. The maximum Gasteiger partial charge on any atom is 0.248 e. The summed E-state index contributed by atoms with van der Waals surface area (Å²) in [7, 11) is 1.86. The van der Waals surface area contributed by atoms with Crippen LogP contribution in [0.15, 0.2) is 12.3 Å². The van der Waals surface area contributed by atoms with Gasteiger partial charge in [-0.25, -0.2) is 8.78 Å². The van der Waals surface area contributed by atoms with Gasteiger partial charge in [0.25, 0.3) is 0 Å². The summed E-state index contributed by atoms with van der Waals surface area (Å²) in [5.74, 6) is -2.17. The summed E-state index contributed by atoms with van der Waals surface area (Å²) < 4.78 is 27.6. The zero-order valence-corrected chi connectivity index (χ0v) is 8.21. The van der Waals surface area contributed by atoms with E-state index in [1.807, 2.05) is 13.1 Å². The molecule has 14 heavy (non-hydrogen) atoms. The van der Waals surface area contributed by atoms with Gasteiger partial charge in [0.1, 0.15) is 0 Å². The minimum atomic E-state index is -2.44. The van der Waals surface area contributed by atoms with E-state index in [4.69, 9.17) is 0 Å². The Morgan fingerprint density at radius 3 is 2.57 bits per heavy atom. The maximum atomic E-state index is 12.9. The van der Waals surface area contributed by atoms with Crippen molar-refractivity contribution in [3.8, 4) is 0 Å². The number of alkyl halides is 2. The smallest absolute Gasteiger partial charge is 0.248 e. The third-order valence-corrected chi connectivity index (χ3v) is 2.99. The summed E-state index contributed by atoms with van der Waals surface area (Å²) >= 11 is 0. The fourth-order valence-electron chi connectivity index (χ4n) is 2.12. The Morgan fingerprint density at radius 2 is 2.07 bits per heavy atom. The standard InChI is InChI=1S/C10H14F2N2/c1-14-9(4-7-13-14)8-2-5-10(11,12)6-3-8/h4,7-8H,2-3,5-6H2,1H3. The van der Waals surface area contributed by atoms with Crippen LogP contribution in [0, 0.1) is 0 Å². The van der Waals surface area contributed by atoms with Crippen molar-refractivity contribution in [2.75, 3.05) is 0 Å². The fraction of sp³-hybridized carbons (Fsp3) is 0.700. The second-order valence-corrected chi connectivity index (χ2v) is 4.01. The summed E-state index contributed by atoms with van der Waals surface area (Å²) in [6, 6.07) is 1.92. The Kier molecular flexibility index (Phi) is 2.29. The molecule has 0 bridgehead atoms. The van der Waals surface area contributed by atoms with Crippen molar-refractivity contribution in [1.82, 2.24) is 9.78 Å². The van der Waals surface area contributed by atoms with E-state index >= 15 is 0 Å². The Bertz CT molecular complexity index is 310. The van der Waals surface area contributed by atoms with Crippen LogP contribution in [0.4, 0.5) is 8.78 Å². The van der Waals surface area contributed by atoms with E-state index in [2.05, 4.69) is 5.10 Å². The topological polar surface area (TPSA) is 17.8 Å². The van der Waals surface area contributed by atoms with E-state index in [9.17, 15) is 8.78 Å². The van der Waals surface area contributed by atoms with Crippen molar-refractivity contribution in [2.45, 2.75) is 37.5 Å². The number of aromatic nitrogens is 2. The molecule has 0 unspecified atom stereocenters. The van der Waals surface area contributed by atoms with Gasteiger partial charge in [0, 0.05) is 37.7 Å². The summed E-state index contributed by atoms with van der Waals surface area (Å²) in [6.45, 7) is 0. The van der Waals surface area contributed by atoms with E-state index in [0.717, 1.165) is 5.69 Å². The molecule has 4 heteroatoms. The predicted molar refractivity (Wildman–Crippen MR) is 49.4 cm³/mol. The lowest BCUT2D eigenvalue weighted by molar-refractivity contribution is -0.0387. The summed E-state index contributed by atoms with van der Waals surface area (Å²) in [6.07, 6.45) is 2.91. The highest BCUT2D eigenvalue weighted by Crippen LogP contribution is 2.40. The van der Waals surface area contributed by atoms with Crippen molar-refractivity contribution in [1.29, 1.82) is 0 Å². The first-order chi connectivity index (χ1) is 6.58. The van der Waals surface area contributed by atoms with Crippen LogP contribution >= 0.6 is 0 Å². The van der Waals surface area contributed by atoms with Crippen molar-refractivity contribution < 1.29 is 8.78 Å².